The van der Waals surface area contributed by atoms with Crippen LogP contribution < -0.4 is 10.1 Å². The van der Waals surface area contributed by atoms with E-state index in [1.165, 1.54) is 0 Å². The highest BCUT2D eigenvalue weighted by Gasteiger charge is 2.08. The second-order valence-corrected chi connectivity index (χ2v) is 5.15. The highest BCUT2D eigenvalue weighted by Crippen LogP contribution is 2.14. The molecule has 0 fully saturated rings. The van der Waals surface area contributed by atoms with Gasteiger partial charge in [0.05, 0.1) is 7.11 Å². The van der Waals surface area contributed by atoms with Crippen molar-refractivity contribution >= 4 is 11.6 Å². The van der Waals surface area contributed by atoms with Crippen molar-refractivity contribution in [3.8, 4) is 5.88 Å². The number of rotatable bonds is 7. The summed E-state index contributed by atoms with van der Waals surface area (Å²) < 4.78 is 5.18. The number of pyridine rings is 1. The second kappa shape index (κ2) is 7.51. The highest BCUT2D eigenvalue weighted by atomic mass is 35.5. The van der Waals surface area contributed by atoms with Crippen LogP contribution in [0.4, 0.5) is 0 Å². The molecule has 1 aromatic heterocycles. The van der Waals surface area contributed by atoms with E-state index in [0.717, 1.165) is 25.1 Å². The van der Waals surface area contributed by atoms with Crippen molar-refractivity contribution in [2.75, 3.05) is 13.7 Å². The average molecular weight is 257 g/mol. The Morgan fingerprint density at radius 3 is 2.88 bits per heavy atom. The predicted octanol–water partition coefficient (Wildman–Crippen LogP) is 2.83. The molecule has 96 valence electrons. The quantitative estimate of drug-likeness (QED) is 0.762. The van der Waals surface area contributed by atoms with Gasteiger partial charge in [-0.3, -0.25) is 0 Å². The smallest absolute Gasteiger partial charge is 0.217 e. The van der Waals surface area contributed by atoms with Crippen molar-refractivity contribution in [3.05, 3.63) is 23.9 Å². The van der Waals surface area contributed by atoms with Gasteiger partial charge in [0, 0.05) is 30.2 Å². The fraction of sp³-hybridized carbons (Fsp3) is 0.615. The number of hydrogen-bond acceptors (Lipinski definition) is 3. The minimum absolute atomic E-state index is 0.178. The minimum atomic E-state index is 0.178. The number of methoxy groups -OCH3 is 1. The molecule has 0 bridgehead atoms. The van der Waals surface area contributed by atoms with Gasteiger partial charge in [-0.05, 0) is 18.4 Å². The van der Waals surface area contributed by atoms with Crippen molar-refractivity contribution in [2.24, 2.45) is 5.92 Å². The standard InChI is InChI=1S/C13H21ClN2O/c1-10(2)7-12(14)9-15-8-11-5-4-6-16-13(11)17-3/h4-6,10,12,15H,7-9H2,1-3H3. The van der Waals surface area contributed by atoms with Crippen molar-refractivity contribution in [2.45, 2.75) is 32.2 Å². The van der Waals surface area contributed by atoms with E-state index in [1.54, 1.807) is 13.3 Å². The summed E-state index contributed by atoms with van der Waals surface area (Å²) in [6.45, 7) is 5.90. The van der Waals surface area contributed by atoms with Crippen LogP contribution in [0, 0.1) is 5.92 Å². The Labute approximate surface area is 109 Å². The van der Waals surface area contributed by atoms with E-state index in [2.05, 4.69) is 24.1 Å². The maximum Gasteiger partial charge on any atom is 0.217 e. The van der Waals surface area contributed by atoms with Gasteiger partial charge in [-0.1, -0.05) is 19.9 Å². The first-order valence-electron chi connectivity index (χ1n) is 5.96. The normalized spacial score (nSPS) is 12.8. The van der Waals surface area contributed by atoms with Crippen LogP contribution in [-0.4, -0.2) is 24.0 Å². The van der Waals surface area contributed by atoms with Crippen LogP contribution in [0.3, 0.4) is 0 Å². The molecule has 1 atom stereocenters. The minimum Gasteiger partial charge on any atom is -0.481 e. The first-order chi connectivity index (χ1) is 8.13. The summed E-state index contributed by atoms with van der Waals surface area (Å²) in [6, 6.07) is 3.91. The van der Waals surface area contributed by atoms with Gasteiger partial charge < -0.3 is 10.1 Å². The molecule has 0 aliphatic heterocycles. The van der Waals surface area contributed by atoms with E-state index < -0.39 is 0 Å². The third-order valence-electron chi connectivity index (χ3n) is 2.45. The van der Waals surface area contributed by atoms with E-state index in [-0.39, 0.29) is 5.38 Å². The fourth-order valence-corrected chi connectivity index (χ4v) is 2.17. The summed E-state index contributed by atoms with van der Waals surface area (Å²) in [5, 5.41) is 3.51. The van der Waals surface area contributed by atoms with E-state index in [9.17, 15) is 0 Å². The van der Waals surface area contributed by atoms with E-state index in [0.29, 0.717) is 11.8 Å². The van der Waals surface area contributed by atoms with Crippen LogP contribution in [0.25, 0.3) is 0 Å². The maximum atomic E-state index is 6.21. The summed E-state index contributed by atoms with van der Waals surface area (Å²) in [7, 11) is 1.63. The van der Waals surface area contributed by atoms with Crippen LogP contribution in [0.1, 0.15) is 25.8 Å². The lowest BCUT2D eigenvalue weighted by molar-refractivity contribution is 0.390. The van der Waals surface area contributed by atoms with E-state index >= 15 is 0 Å². The topological polar surface area (TPSA) is 34.1 Å². The molecule has 0 amide bonds. The van der Waals surface area contributed by atoms with Gasteiger partial charge in [-0.25, -0.2) is 4.98 Å². The molecule has 1 rings (SSSR count). The third kappa shape index (κ3) is 5.37. The molecule has 0 aliphatic carbocycles. The Hall–Kier alpha value is -0.800. The highest BCUT2D eigenvalue weighted by molar-refractivity contribution is 6.20. The summed E-state index contributed by atoms with van der Waals surface area (Å²) in [5.41, 5.74) is 1.06. The van der Waals surface area contributed by atoms with Crippen LogP contribution in [0.2, 0.25) is 0 Å². The summed E-state index contributed by atoms with van der Waals surface area (Å²) >= 11 is 6.21. The molecule has 17 heavy (non-hydrogen) atoms. The molecular formula is C13H21ClN2O. The van der Waals surface area contributed by atoms with Gasteiger partial charge in [-0.2, -0.15) is 0 Å². The van der Waals surface area contributed by atoms with Gasteiger partial charge in [-0.15, -0.1) is 11.6 Å². The number of aromatic nitrogens is 1. The molecule has 1 aromatic rings. The van der Waals surface area contributed by atoms with E-state index in [1.807, 2.05) is 12.1 Å². The molecule has 1 N–H and O–H groups in total. The van der Waals surface area contributed by atoms with Crippen molar-refractivity contribution < 1.29 is 4.74 Å². The molecule has 3 nitrogen and oxygen atoms in total. The average Bonchev–Trinajstić information content (AvgIpc) is 2.28. The zero-order valence-corrected chi connectivity index (χ0v) is 11.5. The fourth-order valence-electron chi connectivity index (χ4n) is 1.70. The molecule has 1 unspecified atom stereocenters. The Balaban J connectivity index is 2.35. The number of halogens is 1. The molecule has 0 saturated carbocycles. The predicted molar refractivity (Wildman–Crippen MR) is 71.6 cm³/mol. The van der Waals surface area contributed by atoms with Crippen LogP contribution >= 0.6 is 11.6 Å². The lowest BCUT2D eigenvalue weighted by Gasteiger charge is -2.13. The van der Waals surface area contributed by atoms with Crippen molar-refractivity contribution in [3.63, 3.8) is 0 Å². The lowest BCUT2D eigenvalue weighted by atomic mass is 10.1. The van der Waals surface area contributed by atoms with Gasteiger partial charge in [0.2, 0.25) is 5.88 Å². The Bertz CT molecular complexity index is 331. The summed E-state index contributed by atoms with van der Waals surface area (Å²) in [5.74, 6) is 1.31. The second-order valence-electron chi connectivity index (χ2n) is 4.53. The molecule has 1 heterocycles. The van der Waals surface area contributed by atoms with Gasteiger partial charge in [0.1, 0.15) is 0 Å². The Kier molecular flexibility index (Phi) is 6.30. The molecule has 0 spiro atoms. The van der Waals surface area contributed by atoms with Crippen LogP contribution in [0.15, 0.2) is 18.3 Å². The van der Waals surface area contributed by atoms with Gasteiger partial charge in [0.15, 0.2) is 0 Å². The largest absolute Gasteiger partial charge is 0.481 e. The molecule has 0 saturated heterocycles. The van der Waals surface area contributed by atoms with Crippen LogP contribution in [0.5, 0.6) is 5.88 Å². The number of ether oxygens (including phenoxy) is 1. The summed E-state index contributed by atoms with van der Waals surface area (Å²) in [4.78, 5) is 4.15. The summed E-state index contributed by atoms with van der Waals surface area (Å²) in [6.07, 6.45) is 2.75. The van der Waals surface area contributed by atoms with E-state index in [4.69, 9.17) is 16.3 Å². The molecular weight excluding hydrogens is 236 g/mol. The lowest BCUT2D eigenvalue weighted by Crippen LogP contribution is -2.24. The molecule has 0 aromatic carbocycles. The number of nitrogens with one attached hydrogen (secondary N) is 1. The number of alkyl halides is 1. The van der Waals surface area contributed by atoms with Crippen LogP contribution in [-0.2, 0) is 6.54 Å². The Morgan fingerprint density at radius 2 is 2.24 bits per heavy atom. The third-order valence-corrected chi connectivity index (χ3v) is 2.78. The number of hydrogen-bond donors (Lipinski definition) is 1. The van der Waals surface area contributed by atoms with Crippen molar-refractivity contribution in [1.29, 1.82) is 0 Å². The molecule has 0 radical (unpaired) electrons. The zero-order chi connectivity index (χ0) is 12.7. The Morgan fingerprint density at radius 1 is 1.47 bits per heavy atom. The molecule has 4 heteroatoms. The maximum absolute atomic E-state index is 6.21. The first-order valence-corrected chi connectivity index (χ1v) is 6.39. The monoisotopic (exact) mass is 256 g/mol. The first kappa shape index (κ1) is 14.3. The van der Waals surface area contributed by atoms with Gasteiger partial charge >= 0.3 is 0 Å². The SMILES string of the molecule is COc1ncccc1CNCC(Cl)CC(C)C. The number of nitrogens with zero attached hydrogens (tertiary/aromatic N) is 1. The zero-order valence-electron chi connectivity index (χ0n) is 10.7. The molecule has 0 aliphatic rings. The van der Waals surface area contributed by atoms with Crippen molar-refractivity contribution in [1.82, 2.24) is 10.3 Å². The van der Waals surface area contributed by atoms with Gasteiger partial charge in [0.25, 0.3) is 0 Å².